The number of hydrogen-bond acceptors (Lipinski definition) is 6. The highest BCUT2D eigenvalue weighted by atomic mass is 79.9. The maximum absolute atomic E-state index is 14.2. The van der Waals surface area contributed by atoms with Gasteiger partial charge < -0.3 is 19.9 Å². The first-order chi connectivity index (χ1) is 19.5. The third-order valence-electron chi connectivity index (χ3n) is 7.04. The Morgan fingerprint density at radius 3 is 2.60 bits per heavy atom. The number of rotatable bonds is 12. The summed E-state index contributed by atoms with van der Waals surface area (Å²) < 4.78 is 13.1. The summed E-state index contributed by atoms with van der Waals surface area (Å²) in [5.41, 5.74) is 10.5. The molecule has 1 aliphatic carbocycles. The van der Waals surface area contributed by atoms with Gasteiger partial charge in [-0.3, -0.25) is 4.79 Å². The number of benzene rings is 3. The fraction of sp³-hybridized carbons (Fsp3) is 0.333. The quantitative estimate of drug-likeness (QED) is 0.111. The van der Waals surface area contributed by atoms with E-state index in [-0.39, 0.29) is 18.9 Å². The molecule has 3 aromatic carbocycles. The Kier molecular flexibility index (Phi) is 8.69. The van der Waals surface area contributed by atoms with Crippen LogP contribution in [0.5, 0.6) is 5.75 Å². The Morgan fingerprint density at radius 1 is 1.15 bits per heavy atom. The van der Waals surface area contributed by atoms with E-state index in [9.17, 15) is 10.3 Å². The van der Waals surface area contributed by atoms with E-state index < -0.39 is 11.6 Å². The number of carbonyl (C=O) groups is 1. The van der Waals surface area contributed by atoms with Gasteiger partial charge in [-0.1, -0.05) is 57.4 Å². The lowest BCUT2D eigenvalue weighted by Gasteiger charge is -2.31. The predicted molar refractivity (Wildman–Crippen MR) is 156 cm³/mol. The number of nitrogens with zero attached hydrogens (tertiary/aromatic N) is 4. The zero-order chi connectivity index (χ0) is 28.0. The van der Waals surface area contributed by atoms with E-state index in [4.69, 9.17) is 19.6 Å². The van der Waals surface area contributed by atoms with Crippen LogP contribution >= 0.6 is 15.9 Å². The van der Waals surface area contributed by atoms with E-state index in [1.54, 1.807) is 12.1 Å². The van der Waals surface area contributed by atoms with E-state index >= 15 is 0 Å². The first kappa shape index (κ1) is 27.7. The van der Waals surface area contributed by atoms with E-state index in [0.717, 1.165) is 22.9 Å². The molecule has 2 aliphatic rings. The maximum Gasteiger partial charge on any atom is 0.252 e. The number of ether oxygens (including phenoxy) is 2. The summed E-state index contributed by atoms with van der Waals surface area (Å²) in [5, 5.41) is 16.1. The third-order valence-corrected chi connectivity index (χ3v) is 7.57. The minimum Gasteiger partial charge on any atom is -0.494 e. The van der Waals surface area contributed by atoms with Gasteiger partial charge in [-0.15, -0.1) is 0 Å². The Hall–Kier alpha value is -3.85. The highest BCUT2D eigenvalue weighted by Gasteiger charge is 2.54. The van der Waals surface area contributed by atoms with E-state index in [1.165, 1.54) is 0 Å². The van der Waals surface area contributed by atoms with Crippen molar-refractivity contribution in [2.75, 3.05) is 19.8 Å². The summed E-state index contributed by atoms with van der Waals surface area (Å²) >= 11 is 3.49. The van der Waals surface area contributed by atoms with Crippen LogP contribution in [0.1, 0.15) is 42.1 Å². The molecule has 1 saturated carbocycles. The number of amides is 1. The molecule has 0 bridgehead atoms. The second kappa shape index (κ2) is 12.6. The summed E-state index contributed by atoms with van der Waals surface area (Å²) in [6.07, 6.45) is 2.17. The molecule has 1 aliphatic heterocycles. The number of hydrogen-bond donors (Lipinski definition) is 2. The molecule has 2 atom stereocenters. The average molecular weight is 605 g/mol. The highest BCUT2D eigenvalue weighted by Crippen LogP contribution is 2.45. The number of halogens is 1. The van der Waals surface area contributed by atoms with E-state index in [0.29, 0.717) is 54.0 Å². The van der Waals surface area contributed by atoms with Crippen molar-refractivity contribution in [2.24, 2.45) is 16.0 Å². The molecule has 3 aromatic rings. The molecule has 0 unspecified atom stereocenters. The van der Waals surface area contributed by atoms with Crippen LogP contribution in [-0.4, -0.2) is 42.2 Å². The molecule has 9 nitrogen and oxygen atoms in total. The maximum atomic E-state index is 14.2. The molecule has 40 heavy (non-hydrogen) atoms. The molecule has 1 fully saturated rings. The van der Waals surface area contributed by atoms with Crippen molar-refractivity contribution in [3.8, 4) is 5.75 Å². The fourth-order valence-corrected chi connectivity index (χ4v) is 5.00. The topological polar surface area (TPSA) is 129 Å². The number of carbonyl (C=O) groups excluding carboxylic acids is 1. The monoisotopic (exact) mass is 603 g/mol. The van der Waals surface area contributed by atoms with Gasteiger partial charge in [0.1, 0.15) is 5.75 Å². The third kappa shape index (κ3) is 6.31. The van der Waals surface area contributed by atoms with Crippen LogP contribution in [0.3, 0.4) is 0 Å². The fourth-order valence-electron chi connectivity index (χ4n) is 4.73. The van der Waals surface area contributed by atoms with Crippen LogP contribution in [0.2, 0.25) is 0 Å². The molecule has 2 N–H and O–H groups in total. The van der Waals surface area contributed by atoms with E-state index in [2.05, 4.69) is 31.3 Å². The first-order valence-corrected chi connectivity index (χ1v) is 14.1. The van der Waals surface area contributed by atoms with Gasteiger partial charge in [-0.05, 0) is 66.3 Å². The second-order valence-electron chi connectivity index (χ2n) is 9.99. The summed E-state index contributed by atoms with van der Waals surface area (Å²) in [6.45, 7) is 1.05. The number of nitrogens with one attached hydrogen (secondary N) is 1. The number of aliphatic hydroxyl groups is 1. The summed E-state index contributed by atoms with van der Waals surface area (Å²) in [7, 11) is 0. The summed E-state index contributed by atoms with van der Waals surface area (Å²) in [5.74, 6) is 1.22. The van der Waals surface area contributed by atoms with Gasteiger partial charge in [0.15, 0.2) is 11.6 Å². The van der Waals surface area contributed by atoms with Crippen molar-refractivity contribution in [3.63, 3.8) is 0 Å². The predicted octanol–water partition coefficient (Wildman–Crippen LogP) is 6.18. The lowest BCUT2D eigenvalue weighted by atomic mass is 9.81. The lowest BCUT2D eigenvalue weighted by Crippen LogP contribution is -2.50. The molecule has 206 valence electrons. The van der Waals surface area contributed by atoms with Crippen LogP contribution < -0.4 is 10.1 Å². The van der Waals surface area contributed by atoms with E-state index in [1.807, 2.05) is 60.7 Å². The molecule has 0 radical (unpaired) electrons. The van der Waals surface area contributed by atoms with Crippen LogP contribution in [0.25, 0.3) is 10.4 Å². The van der Waals surface area contributed by atoms with Gasteiger partial charge in [0.25, 0.3) is 5.91 Å². The van der Waals surface area contributed by atoms with Crippen LogP contribution in [0, 0.1) is 5.92 Å². The molecular formula is C30H30BrN5O4. The van der Waals surface area contributed by atoms with Gasteiger partial charge >= 0.3 is 0 Å². The first-order valence-electron chi connectivity index (χ1n) is 13.3. The molecule has 0 spiro atoms. The average Bonchev–Trinajstić information content (AvgIpc) is 3.73. The van der Waals surface area contributed by atoms with Gasteiger partial charge in [0, 0.05) is 52.2 Å². The van der Waals surface area contributed by atoms with Crippen molar-refractivity contribution in [3.05, 3.63) is 104 Å². The highest BCUT2D eigenvalue weighted by molar-refractivity contribution is 9.10. The molecule has 0 aromatic heterocycles. The zero-order valence-electron chi connectivity index (χ0n) is 21.9. The standard InChI is InChI=1S/C30H30BrN5O4/c31-23-12-8-20(9-13-23)18-30(29(38)33-19-21-6-7-21)27(25-4-1-2-5-26(25)35-36-32)40-28(34-30)22-10-14-24(15-11-22)39-17-3-16-37/h1-2,4-5,8-15,21,27,37H,3,6-7,16-19H2,(H,33,38)/t27-,30-/m1/s1. The molecule has 1 heterocycles. The number of aliphatic imine (C=N–C) groups is 1. The summed E-state index contributed by atoms with van der Waals surface area (Å²) in [6, 6.07) is 22.2. The minimum absolute atomic E-state index is 0.0602. The van der Waals surface area contributed by atoms with Gasteiger partial charge in [0.2, 0.25) is 5.90 Å². The van der Waals surface area contributed by atoms with Gasteiger partial charge in [-0.2, -0.15) is 0 Å². The van der Waals surface area contributed by atoms with Crippen molar-refractivity contribution in [1.82, 2.24) is 5.32 Å². The number of aliphatic hydroxyl groups excluding tert-OH is 1. The molecular weight excluding hydrogens is 574 g/mol. The van der Waals surface area contributed by atoms with Crippen LogP contribution in [-0.2, 0) is 16.0 Å². The molecule has 10 heteroatoms. The van der Waals surface area contributed by atoms with Gasteiger partial charge in [0.05, 0.1) is 6.61 Å². The van der Waals surface area contributed by atoms with Crippen LogP contribution in [0.15, 0.2) is 87.4 Å². The van der Waals surface area contributed by atoms with Crippen molar-refractivity contribution in [1.29, 1.82) is 0 Å². The smallest absolute Gasteiger partial charge is 0.252 e. The molecule has 5 rings (SSSR count). The van der Waals surface area contributed by atoms with Crippen molar-refractivity contribution in [2.45, 2.75) is 37.3 Å². The normalized spacial score (nSPS) is 19.8. The molecule has 1 amide bonds. The van der Waals surface area contributed by atoms with Crippen LogP contribution in [0.4, 0.5) is 5.69 Å². The lowest BCUT2D eigenvalue weighted by molar-refractivity contribution is -0.129. The summed E-state index contributed by atoms with van der Waals surface area (Å²) in [4.78, 5) is 22.2. The van der Waals surface area contributed by atoms with Crippen molar-refractivity contribution < 1.29 is 19.4 Å². The van der Waals surface area contributed by atoms with Gasteiger partial charge in [-0.25, -0.2) is 4.99 Å². The second-order valence-corrected chi connectivity index (χ2v) is 10.9. The Balaban J connectivity index is 1.58. The Morgan fingerprint density at radius 2 is 1.90 bits per heavy atom. The Labute approximate surface area is 241 Å². The SMILES string of the molecule is [N-]=[N+]=Nc1ccccc1[C@H]1OC(c2ccc(OCCCO)cc2)=N[C@@]1(Cc1ccc(Br)cc1)C(=O)NCC1CC1. The number of azide groups is 1. The van der Waals surface area contributed by atoms with Crippen molar-refractivity contribution >= 4 is 33.4 Å². The minimum atomic E-state index is -1.35. The largest absolute Gasteiger partial charge is 0.494 e. The molecule has 0 saturated heterocycles. The zero-order valence-corrected chi connectivity index (χ0v) is 23.5. The Bertz CT molecular complexity index is 1420.